The molecule has 2 heteroatoms. The lowest BCUT2D eigenvalue weighted by Crippen LogP contribution is -2.28. The number of allylic oxidation sites excluding steroid dienone is 1. The predicted molar refractivity (Wildman–Crippen MR) is 125 cm³/mol. The summed E-state index contributed by atoms with van der Waals surface area (Å²) in [7, 11) is 0. The summed E-state index contributed by atoms with van der Waals surface area (Å²) in [5.74, 6) is 3.08. The van der Waals surface area contributed by atoms with Crippen LogP contribution in [0.1, 0.15) is 85.8 Å². The molecule has 29 heavy (non-hydrogen) atoms. The number of carbonyl (C=O) groups is 1. The van der Waals surface area contributed by atoms with Crippen LogP contribution in [0.3, 0.4) is 0 Å². The number of carbonyl (C=O) groups excluding carboxylic acids is 1. The Balaban J connectivity index is 2.52. The molecule has 0 spiro atoms. The van der Waals surface area contributed by atoms with E-state index in [9.17, 15) is 4.79 Å². The zero-order valence-electron chi connectivity index (χ0n) is 19.7. The van der Waals surface area contributed by atoms with Crippen LogP contribution in [0.4, 0.5) is 0 Å². The van der Waals surface area contributed by atoms with E-state index < -0.39 is 0 Å². The minimum Gasteiger partial charge on any atom is -0.299 e. The summed E-state index contributed by atoms with van der Waals surface area (Å²) in [4.78, 5) is 17.8. The summed E-state index contributed by atoms with van der Waals surface area (Å²) in [6.07, 6.45) is 6.53. The van der Waals surface area contributed by atoms with Crippen molar-refractivity contribution in [3.63, 3.8) is 0 Å². The van der Waals surface area contributed by atoms with Crippen LogP contribution in [0, 0.1) is 23.7 Å². The molecule has 1 aromatic carbocycles. The number of ketones is 1. The Labute approximate surface area is 177 Å². The minimum absolute atomic E-state index is 0.0385. The normalized spacial score (nSPS) is 19.6. The maximum absolute atomic E-state index is 13.0. The van der Waals surface area contributed by atoms with Gasteiger partial charge < -0.3 is 0 Å². The molecule has 0 aliphatic carbocycles. The van der Waals surface area contributed by atoms with Crippen LogP contribution in [0.5, 0.6) is 0 Å². The van der Waals surface area contributed by atoms with Crippen molar-refractivity contribution in [3.8, 4) is 12.3 Å². The second kappa shape index (κ2) is 8.31. The first-order valence-electron chi connectivity index (χ1n) is 10.6. The van der Waals surface area contributed by atoms with Gasteiger partial charge in [-0.15, -0.1) is 6.42 Å². The summed E-state index contributed by atoms with van der Waals surface area (Å²) < 4.78 is 0. The minimum atomic E-state index is -0.389. The van der Waals surface area contributed by atoms with E-state index in [1.165, 1.54) is 16.7 Å². The number of hydrogen-bond acceptors (Lipinski definition) is 2. The first-order chi connectivity index (χ1) is 13.3. The van der Waals surface area contributed by atoms with Gasteiger partial charge in [0.15, 0.2) is 0 Å². The van der Waals surface area contributed by atoms with Crippen molar-refractivity contribution in [2.24, 2.45) is 16.3 Å². The lowest BCUT2D eigenvalue weighted by atomic mass is 9.72. The molecule has 3 atom stereocenters. The van der Waals surface area contributed by atoms with Crippen LogP contribution < -0.4 is 0 Å². The molecule has 0 bridgehead atoms. The molecule has 3 unspecified atom stereocenters. The molecule has 1 aliphatic heterocycles. The quantitative estimate of drug-likeness (QED) is 0.527. The highest BCUT2D eigenvalue weighted by Gasteiger charge is 2.36. The topological polar surface area (TPSA) is 29.4 Å². The lowest BCUT2D eigenvalue weighted by Gasteiger charge is -2.30. The number of hydrogen-bond donors (Lipinski definition) is 0. The number of rotatable bonds is 5. The molecular formula is C27H37NO. The highest BCUT2D eigenvalue weighted by molar-refractivity contribution is 6.01. The highest BCUT2D eigenvalue weighted by Crippen LogP contribution is 2.41. The monoisotopic (exact) mass is 391 g/mol. The Morgan fingerprint density at radius 3 is 2.03 bits per heavy atom. The third kappa shape index (κ3) is 5.08. The molecule has 156 valence electrons. The van der Waals surface area contributed by atoms with Gasteiger partial charge in [0, 0.05) is 23.5 Å². The van der Waals surface area contributed by atoms with Crippen LogP contribution in [0.2, 0.25) is 0 Å². The van der Waals surface area contributed by atoms with Crippen LogP contribution in [0.15, 0.2) is 40.4 Å². The summed E-state index contributed by atoms with van der Waals surface area (Å²) in [6, 6.07) is 8.69. The van der Waals surface area contributed by atoms with Crippen molar-refractivity contribution >= 4 is 11.5 Å². The maximum atomic E-state index is 13.0. The van der Waals surface area contributed by atoms with Crippen LogP contribution in [0.25, 0.3) is 0 Å². The van der Waals surface area contributed by atoms with Crippen molar-refractivity contribution in [2.75, 3.05) is 0 Å². The Morgan fingerprint density at radius 2 is 1.66 bits per heavy atom. The fourth-order valence-corrected chi connectivity index (χ4v) is 4.12. The molecule has 0 saturated carbocycles. The molecule has 2 nitrogen and oxygen atoms in total. The van der Waals surface area contributed by atoms with Crippen molar-refractivity contribution < 1.29 is 4.79 Å². The number of aliphatic imine (C=N–C) groups is 1. The number of terminal acetylenes is 1. The highest BCUT2D eigenvalue weighted by atomic mass is 16.1. The van der Waals surface area contributed by atoms with E-state index in [1.807, 2.05) is 27.7 Å². The first kappa shape index (κ1) is 23.1. The van der Waals surface area contributed by atoms with Gasteiger partial charge in [0.1, 0.15) is 5.78 Å². The second-order valence-electron chi connectivity index (χ2n) is 10.5. The second-order valence-corrected chi connectivity index (χ2v) is 10.5. The Kier molecular flexibility index (Phi) is 6.63. The third-order valence-electron chi connectivity index (χ3n) is 6.17. The zero-order valence-corrected chi connectivity index (χ0v) is 19.7. The Hall–Kier alpha value is -2.14. The Morgan fingerprint density at radius 1 is 1.10 bits per heavy atom. The summed E-state index contributed by atoms with van der Waals surface area (Å²) in [6.45, 7) is 18.8. The molecule has 0 aromatic heterocycles. The van der Waals surface area contributed by atoms with Crippen LogP contribution in [-0.4, -0.2) is 17.5 Å². The van der Waals surface area contributed by atoms with E-state index in [0.717, 1.165) is 11.3 Å². The van der Waals surface area contributed by atoms with Gasteiger partial charge in [-0.3, -0.25) is 9.79 Å². The van der Waals surface area contributed by atoms with Gasteiger partial charge in [-0.25, -0.2) is 0 Å². The standard InChI is InChI=1S/C27H37NO/c1-11-22(20-12-14-21(15-13-20)26(5,6)7)23(16-24(29)27(8,9)10)25-17(2)18(3)28-19(25)4/h1,12-15,19,22-23H,16H2,2-10H3. The lowest BCUT2D eigenvalue weighted by molar-refractivity contribution is -0.127. The van der Waals surface area contributed by atoms with Crippen LogP contribution >= 0.6 is 0 Å². The number of nitrogens with zero attached hydrogens (tertiary/aromatic N) is 1. The van der Waals surface area contributed by atoms with Gasteiger partial charge in [0.25, 0.3) is 0 Å². The molecule has 0 saturated heterocycles. The maximum Gasteiger partial charge on any atom is 0.138 e. The van der Waals surface area contributed by atoms with Crippen molar-refractivity contribution in [2.45, 2.75) is 86.1 Å². The van der Waals surface area contributed by atoms with E-state index in [0.29, 0.717) is 6.42 Å². The van der Waals surface area contributed by atoms with E-state index in [1.54, 1.807) is 0 Å². The van der Waals surface area contributed by atoms with E-state index in [-0.39, 0.29) is 34.5 Å². The molecule has 0 N–H and O–H groups in total. The summed E-state index contributed by atoms with van der Waals surface area (Å²) in [5, 5.41) is 0. The third-order valence-corrected chi connectivity index (χ3v) is 6.17. The molecule has 2 rings (SSSR count). The van der Waals surface area contributed by atoms with Crippen molar-refractivity contribution in [1.29, 1.82) is 0 Å². The van der Waals surface area contributed by atoms with Gasteiger partial charge in [0.2, 0.25) is 0 Å². The number of benzene rings is 1. The summed E-state index contributed by atoms with van der Waals surface area (Å²) in [5.41, 5.74) is 5.56. The first-order valence-corrected chi connectivity index (χ1v) is 10.6. The van der Waals surface area contributed by atoms with E-state index in [4.69, 9.17) is 11.4 Å². The predicted octanol–water partition coefficient (Wildman–Crippen LogP) is 6.50. The smallest absolute Gasteiger partial charge is 0.138 e. The van der Waals surface area contributed by atoms with Gasteiger partial charge in [0.05, 0.1) is 12.0 Å². The molecule has 0 amide bonds. The fourth-order valence-electron chi connectivity index (χ4n) is 4.12. The SMILES string of the molecule is C#CC(c1ccc(C(C)(C)C)cc1)C(CC(=O)C(C)(C)C)C1=C(C)C(C)=NC1C. The molecular weight excluding hydrogens is 354 g/mol. The molecule has 1 aromatic rings. The zero-order chi connectivity index (χ0) is 22.1. The van der Waals surface area contributed by atoms with Gasteiger partial charge in [-0.05, 0) is 48.5 Å². The van der Waals surface area contributed by atoms with Gasteiger partial charge in [-0.1, -0.05) is 71.7 Å². The fraction of sp³-hybridized carbons (Fsp3) is 0.556. The average Bonchev–Trinajstić information content (AvgIpc) is 2.85. The average molecular weight is 392 g/mol. The Bertz CT molecular complexity index is 863. The van der Waals surface area contributed by atoms with Gasteiger partial charge >= 0.3 is 0 Å². The van der Waals surface area contributed by atoms with E-state index >= 15 is 0 Å². The summed E-state index contributed by atoms with van der Waals surface area (Å²) >= 11 is 0. The van der Waals surface area contributed by atoms with Gasteiger partial charge in [-0.2, -0.15) is 0 Å². The molecule has 1 aliphatic rings. The molecule has 1 heterocycles. The van der Waals surface area contributed by atoms with E-state index in [2.05, 4.69) is 64.8 Å². The number of Topliss-reactive ketones (excluding diaryl/α,β-unsaturated/α-hetero) is 1. The van der Waals surface area contributed by atoms with Crippen molar-refractivity contribution in [1.82, 2.24) is 0 Å². The molecule has 0 radical (unpaired) electrons. The van der Waals surface area contributed by atoms with Crippen molar-refractivity contribution in [3.05, 3.63) is 46.5 Å². The van der Waals surface area contributed by atoms with Crippen LogP contribution in [-0.2, 0) is 10.2 Å². The molecule has 0 fully saturated rings. The largest absolute Gasteiger partial charge is 0.299 e.